The standard InChI is InChI=1S/C19H19N3O2/c1-2-24-18-11-7-6-10-17(18)19(23)20-12-15-13-21-22(14-15)16-8-4-3-5-9-16/h3-11,13-14H,2,12H2,1H3,(H,20,23). The third-order valence-corrected chi connectivity index (χ3v) is 3.54. The third kappa shape index (κ3) is 3.63. The molecule has 3 rings (SSSR count). The summed E-state index contributed by atoms with van der Waals surface area (Å²) >= 11 is 0. The lowest BCUT2D eigenvalue weighted by atomic mass is 10.2. The van der Waals surface area contributed by atoms with Gasteiger partial charge in [0.25, 0.3) is 5.91 Å². The first-order valence-electron chi connectivity index (χ1n) is 7.87. The molecular formula is C19H19N3O2. The predicted octanol–water partition coefficient (Wildman–Crippen LogP) is 3.20. The average molecular weight is 321 g/mol. The molecule has 0 aliphatic heterocycles. The van der Waals surface area contributed by atoms with Crippen molar-refractivity contribution >= 4 is 5.91 Å². The van der Waals surface area contributed by atoms with Crippen LogP contribution in [-0.4, -0.2) is 22.3 Å². The summed E-state index contributed by atoms with van der Waals surface area (Å²) in [4.78, 5) is 12.4. The van der Waals surface area contributed by atoms with Crippen LogP contribution in [0.15, 0.2) is 67.0 Å². The molecule has 0 aliphatic carbocycles. The van der Waals surface area contributed by atoms with Crippen molar-refractivity contribution in [3.05, 3.63) is 78.1 Å². The van der Waals surface area contributed by atoms with Crippen LogP contribution in [0.1, 0.15) is 22.8 Å². The Balaban J connectivity index is 1.66. The number of rotatable bonds is 6. The summed E-state index contributed by atoms with van der Waals surface area (Å²) < 4.78 is 7.28. The van der Waals surface area contributed by atoms with Crippen molar-refractivity contribution in [1.29, 1.82) is 0 Å². The maximum absolute atomic E-state index is 12.4. The van der Waals surface area contributed by atoms with Crippen LogP contribution in [0, 0.1) is 0 Å². The number of hydrogen-bond donors (Lipinski definition) is 1. The Morgan fingerprint density at radius 3 is 2.67 bits per heavy atom. The molecule has 0 unspecified atom stereocenters. The molecule has 0 spiro atoms. The summed E-state index contributed by atoms with van der Waals surface area (Å²) in [5.74, 6) is 0.434. The topological polar surface area (TPSA) is 56.1 Å². The van der Waals surface area contributed by atoms with Crippen LogP contribution in [-0.2, 0) is 6.54 Å². The van der Waals surface area contributed by atoms with Crippen molar-refractivity contribution in [1.82, 2.24) is 15.1 Å². The van der Waals surface area contributed by atoms with Gasteiger partial charge in [-0.25, -0.2) is 4.68 Å². The Hall–Kier alpha value is -3.08. The number of aromatic nitrogens is 2. The van der Waals surface area contributed by atoms with Gasteiger partial charge in [-0.2, -0.15) is 5.10 Å². The highest BCUT2D eigenvalue weighted by Gasteiger charge is 2.11. The summed E-state index contributed by atoms with van der Waals surface area (Å²) in [6.45, 7) is 2.83. The van der Waals surface area contributed by atoms with Crippen molar-refractivity contribution in [2.75, 3.05) is 6.61 Å². The molecule has 1 N–H and O–H groups in total. The first-order valence-corrected chi connectivity index (χ1v) is 7.87. The van der Waals surface area contributed by atoms with E-state index in [1.54, 1.807) is 23.0 Å². The van der Waals surface area contributed by atoms with E-state index in [1.807, 2.05) is 55.6 Å². The number of hydrogen-bond acceptors (Lipinski definition) is 3. The minimum absolute atomic E-state index is 0.161. The summed E-state index contributed by atoms with van der Waals surface area (Å²) in [5.41, 5.74) is 2.45. The SMILES string of the molecule is CCOc1ccccc1C(=O)NCc1cnn(-c2ccccc2)c1. The molecule has 5 heteroatoms. The Morgan fingerprint density at radius 2 is 1.88 bits per heavy atom. The molecular weight excluding hydrogens is 302 g/mol. The van der Waals surface area contributed by atoms with Gasteiger partial charge < -0.3 is 10.1 Å². The quantitative estimate of drug-likeness (QED) is 0.758. The van der Waals surface area contributed by atoms with Gasteiger partial charge in [0.15, 0.2) is 0 Å². The van der Waals surface area contributed by atoms with Crippen LogP contribution < -0.4 is 10.1 Å². The Kier molecular flexibility index (Phi) is 4.91. The molecule has 5 nitrogen and oxygen atoms in total. The highest BCUT2D eigenvalue weighted by atomic mass is 16.5. The van der Waals surface area contributed by atoms with Crippen LogP contribution in [0.5, 0.6) is 5.75 Å². The van der Waals surface area contributed by atoms with Gasteiger partial charge in [0.1, 0.15) is 5.75 Å². The Morgan fingerprint density at radius 1 is 1.12 bits per heavy atom. The van der Waals surface area contributed by atoms with Crippen LogP contribution >= 0.6 is 0 Å². The summed E-state index contributed by atoms with van der Waals surface area (Å²) in [7, 11) is 0. The second-order valence-corrected chi connectivity index (χ2v) is 5.24. The van der Waals surface area contributed by atoms with E-state index in [-0.39, 0.29) is 5.91 Å². The molecule has 1 heterocycles. The molecule has 0 aliphatic rings. The number of benzene rings is 2. The van der Waals surface area contributed by atoms with Crippen molar-refractivity contribution in [2.45, 2.75) is 13.5 Å². The van der Waals surface area contributed by atoms with Crippen LogP contribution in [0.25, 0.3) is 5.69 Å². The number of nitrogens with one attached hydrogen (secondary N) is 1. The second-order valence-electron chi connectivity index (χ2n) is 5.24. The first kappa shape index (κ1) is 15.8. The van der Waals surface area contributed by atoms with E-state index in [0.29, 0.717) is 24.5 Å². The van der Waals surface area contributed by atoms with E-state index < -0.39 is 0 Å². The van der Waals surface area contributed by atoms with E-state index in [1.165, 1.54) is 0 Å². The van der Waals surface area contributed by atoms with Gasteiger partial charge in [-0.1, -0.05) is 30.3 Å². The zero-order valence-corrected chi connectivity index (χ0v) is 13.5. The van der Waals surface area contributed by atoms with Gasteiger partial charge in [0.05, 0.1) is 24.1 Å². The monoisotopic (exact) mass is 321 g/mol. The lowest BCUT2D eigenvalue weighted by Crippen LogP contribution is -2.23. The largest absolute Gasteiger partial charge is 0.493 e. The van der Waals surface area contributed by atoms with Crippen molar-refractivity contribution in [3.63, 3.8) is 0 Å². The average Bonchev–Trinajstić information content (AvgIpc) is 3.10. The lowest BCUT2D eigenvalue weighted by Gasteiger charge is -2.09. The van der Waals surface area contributed by atoms with E-state index in [4.69, 9.17) is 4.74 Å². The summed E-state index contributed by atoms with van der Waals surface area (Å²) in [6.07, 6.45) is 3.66. The Bertz CT molecular complexity index is 812. The Labute approximate surface area is 140 Å². The fourth-order valence-electron chi connectivity index (χ4n) is 2.39. The molecule has 122 valence electrons. The normalized spacial score (nSPS) is 10.4. The minimum atomic E-state index is -0.161. The maximum atomic E-state index is 12.4. The fraction of sp³-hybridized carbons (Fsp3) is 0.158. The van der Waals surface area contributed by atoms with Gasteiger partial charge >= 0.3 is 0 Å². The van der Waals surface area contributed by atoms with Crippen LogP contribution in [0.2, 0.25) is 0 Å². The minimum Gasteiger partial charge on any atom is -0.493 e. The van der Waals surface area contributed by atoms with E-state index in [9.17, 15) is 4.79 Å². The number of ether oxygens (including phenoxy) is 1. The molecule has 0 saturated heterocycles. The number of carbonyl (C=O) groups excluding carboxylic acids is 1. The number of carbonyl (C=O) groups is 1. The van der Waals surface area contributed by atoms with Gasteiger partial charge in [0, 0.05) is 18.3 Å². The maximum Gasteiger partial charge on any atom is 0.255 e. The zero-order chi connectivity index (χ0) is 16.8. The molecule has 2 aromatic carbocycles. The van der Waals surface area contributed by atoms with Crippen LogP contribution in [0.3, 0.4) is 0 Å². The molecule has 1 aromatic heterocycles. The lowest BCUT2D eigenvalue weighted by molar-refractivity contribution is 0.0947. The third-order valence-electron chi connectivity index (χ3n) is 3.54. The summed E-state index contributed by atoms with van der Waals surface area (Å²) in [5, 5.41) is 7.23. The molecule has 0 atom stereocenters. The number of nitrogens with zero attached hydrogens (tertiary/aromatic N) is 2. The van der Waals surface area contributed by atoms with E-state index in [2.05, 4.69) is 10.4 Å². The van der Waals surface area contributed by atoms with Gasteiger partial charge in [-0.3, -0.25) is 4.79 Å². The van der Waals surface area contributed by atoms with Gasteiger partial charge in [-0.15, -0.1) is 0 Å². The smallest absolute Gasteiger partial charge is 0.255 e. The van der Waals surface area contributed by atoms with Crippen molar-refractivity contribution in [3.8, 4) is 11.4 Å². The van der Waals surface area contributed by atoms with Gasteiger partial charge in [0.2, 0.25) is 0 Å². The number of amides is 1. The predicted molar refractivity (Wildman–Crippen MR) is 92.3 cm³/mol. The first-order chi connectivity index (χ1) is 11.8. The summed E-state index contributed by atoms with van der Waals surface area (Å²) in [6, 6.07) is 17.1. The fourth-order valence-corrected chi connectivity index (χ4v) is 2.39. The van der Waals surface area contributed by atoms with Crippen molar-refractivity contribution in [2.24, 2.45) is 0 Å². The molecule has 24 heavy (non-hydrogen) atoms. The number of para-hydroxylation sites is 2. The van der Waals surface area contributed by atoms with Crippen LogP contribution in [0.4, 0.5) is 0 Å². The highest BCUT2D eigenvalue weighted by Crippen LogP contribution is 2.18. The van der Waals surface area contributed by atoms with Gasteiger partial charge in [-0.05, 0) is 31.2 Å². The van der Waals surface area contributed by atoms with Crippen molar-refractivity contribution < 1.29 is 9.53 Å². The molecule has 3 aromatic rings. The van der Waals surface area contributed by atoms with E-state index in [0.717, 1.165) is 11.3 Å². The second kappa shape index (κ2) is 7.46. The highest BCUT2D eigenvalue weighted by molar-refractivity contribution is 5.96. The molecule has 1 amide bonds. The molecule has 0 bridgehead atoms. The molecule has 0 radical (unpaired) electrons. The molecule has 0 fully saturated rings. The molecule has 0 saturated carbocycles. The van der Waals surface area contributed by atoms with E-state index >= 15 is 0 Å². The zero-order valence-electron chi connectivity index (χ0n) is 13.5.